The van der Waals surface area contributed by atoms with E-state index in [0.717, 1.165) is 50.9 Å². The first-order valence-electron chi connectivity index (χ1n) is 12.3. The molecule has 0 bridgehead atoms. The summed E-state index contributed by atoms with van der Waals surface area (Å²) < 4.78 is 17.1. The Morgan fingerprint density at radius 2 is 1.79 bits per heavy atom. The van der Waals surface area contributed by atoms with E-state index >= 15 is 0 Å². The van der Waals surface area contributed by atoms with Gasteiger partial charge in [0, 0.05) is 44.8 Å². The summed E-state index contributed by atoms with van der Waals surface area (Å²) in [6.45, 7) is 11.2. The molecule has 0 spiro atoms. The molecule has 34 heavy (non-hydrogen) atoms. The van der Waals surface area contributed by atoms with Gasteiger partial charge < -0.3 is 19.1 Å². The minimum absolute atomic E-state index is 0.0523. The molecule has 1 atom stereocenters. The van der Waals surface area contributed by atoms with Crippen LogP contribution in [0.3, 0.4) is 0 Å². The smallest absolute Gasteiger partial charge is 0.254 e. The molecule has 1 amide bonds. The Bertz CT molecular complexity index is 928. The minimum atomic E-state index is 0.0523. The van der Waals surface area contributed by atoms with Crippen molar-refractivity contribution < 1.29 is 19.0 Å². The molecule has 2 fully saturated rings. The molecule has 0 unspecified atom stereocenters. The number of likely N-dealkylation sites (N-methyl/N-ethyl adjacent to an activating group) is 1. The van der Waals surface area contributed by atoms with Gasteiger partial charge in [0.05, 0.1) is 25.4 Å². The van der Waals surface area contributed by atoms with E-state index in [2.05, 4.69) is 29.0 Å². The van der Waals surface area contributed by atoms with E-state index in [-0.39, 0.29) is 18.1 Å². The molecule has 0 aliphatic carbocycles. The molecule has 0 radical (unpaired) electrons. The van der Waals surface area contributed by atoms with E-state index in [1.54, 1.807) is 0 Å². The molecule has 2 aromatic rings. The highest BCUT2D eigenvalue weighted by Gasteiger charge is 2.29. The number of piperazine rings is 1. The number of carbonyl (C=O) groups is 1. The van der Waals surface area contributed by atoms with Crippen LogP contribution in [-0.4, -0.2) is 92.8 Å². The fraction of sp³-hybridized carbons (Fsp3) is 0.519. The Kier molecular flexibility index (Phi) is 8.43. The number of morpholine rings is 1. The summed E-state index contributed by atoms with van der Waals surface area (Å²) in [5.74, 6) is 1.66. The van der Waals surface area contributed by atoms with Crippen LogP contribution in [-0.2, 0) is 4.74 Å². The van der Waals surface area contributed by atoms with Gasteiger partial charge in [-0.15, -0.1) is 0 Å². The van der Waals surface area contributed by atoms with E-state index in [0.29, 0.717) is 25.3 Å². The lowest BCUT2D eigenvalue weighted by Gasteiger charge is -2.39. The Hall–Kier alpha value is -2.61. The van der Waals surface area contributed by atoms with Crippen molar-refractivity contribution in [2.24, 2.45) is 0 Å². The fourth-order valence-corrected chi connectivity index (χ4v) is 4.48. The maximum atomic E-state index is 13.3. The average Bonchev–Trinajstić information content (AvgIpc) is 2.85. The molecule has 7 nitrogen and oxygen atoms in total. The van der Waals surface area contributed by atoms with Crippen molar-refractivity contribution in [1.29, 1.82) is 0 Å². The lowest BCUT2D eigenvalue weighted by atomic mass is 10.0. The van der Waals surface area contributed by atoms with Crippen LogP contribution in [0.2, 0.25) is 0 Å². The van der Waals surface area contributed by atoms with Crippen LogP contribution in [0, 0.1) is 0 Å². The first kappa shape index (κ1) is 24.5. The second-order valence-electron chi connectivity index (χ2n) is 9.31. The molecule has 2 aliphatic rings. The second-order valence-corrected chi connectivity index (χ2v) is 9.31. The molecule has 2 saturated heterocycles. The molecule has 0 saturated carbocycles. The first-order chi connectivity index (χ1) is 16.5. The number of ether oxygens (including phenoxy) is 3. The quantitative estimate of drug-likeness (QED) is 0.594. The SMILES string of the molecule is CC(C)Oc1ccc([C@@H]2CN(C(=O)c3cccc(OCCN4CCOCC4)c3)CCN2C)cc1. The maximum absolute atomic E-state index is 13.3. The van der Waals surface area contributed by atoms with E-state index in [1.165, 1.54) is 5.56 Å². The normalized spacial score (nSPS) is 19.9. The van der Waals surface area contributed by atoms with Crippen molar-refractivity contribution in [3.8, 4) is 11.5 Å². The zero-order chi connectivity index (χ0) is 23.9. The van der Waals surface area contributed by atoms with Crippen LogP contribution >= 0.6 is 0 Å². The monoisotopic (exact) mass is 467 g/mol. The van der Waals surface area contributed by atoms with Gasteiger partial charge in [0.1, 0.15) is 18.1 Å². The van der Waals surface area contributed by atoms with Crippen molar-refractivity contribution in [2.45, 2.75) is 26.0 Å². The summed E-state index contributed by atoms with van der Waals surface area (Å²) in [4.78, 5) is 19.9. The predicted octanol–water partition coefficient (Wildman–Crippen LogP) is 3.31. The number of hydrogen-bond acceptors (Lipinski definition) is 6. The molecule has 2 aliphatic heterocycles. The Labute approximate surface area is 203 Å². The number of rotatable bonds is 8. The molecule has 2 heterocycles. The number of hydrogen-bond donors (Lipinski definition) is 0. The van der Waals surface area contributed by atoms with Crippen LogP contribution in [0.5, 0.6) is 11.5 Å². The zero-order valence-electron chi connectivity index (χ0n) is 20.6. The summed E-state index contributed by atoms with van der Waals surface area (Å²) in [6.07, 6.45) is 0.149. The summed E-state index contributed by atoms with van der Waals surface area (Å²) in [7, 11) is 2.12. The third kappa shape index (κ3) is 6.50. The van der Waals surface area contributed by atoms with Gasteiger partial charge in [-0.25, -0.2) is 0 Å². The van der Waals surface area contributed by atoms with Crippen molar-refractivity contribution in [1.82, 2.24) is 14.7 Å². The van der Waals surface area contributed by atoms with E-state index in [4.69, 9.17) is 14.2 Å². The third-order valence-corrected chi connectivity index (χ3v) is 6.43. The number of nitrogens with zero attached hydrogens (tertiary/aromatic N) is 3. The number of amides is 1. The van der Waals surface area contributed by atoms with Crippen molar-refractivity contribution >= 4 is 5.91 Å². The van der Waals surface area contributed by atoms with Crippen LogP contribution in [0.4, 0.5) is 0 Å². The average molecular weight is 468 g/mol. The summed E-state index contributed by atoms with van der Waals surface area (Å²) >= 11 is 0. The van der Waals surface area contributed by atoms with Gasteiger partial charge in [-0.3, -0.25) is 14.6 Å². The Balaban J connectivity index is 1.36. The van der Waals surface area contributed by atoms with Crippen LogP contribution < -0.4 is 9.47 Å². The molecular formula is C27H37N3O4. The molecule has 0 N–H and O–H groups in total. The van der Waals surface area contributed by atoms with E-state index in [1.807, 2.05) is 55.1 Å². The van der Waals surface area contributed by atoms with Crippen molar-refractivity contribution in [3.05, 3.63) is 59.7 Å². The lowest BCUT2D eigenvalue weighted by Crippen LogP contribution is -2.49. The lowest BCUT2D eigenvalue weighted by molar-refractivity contribution is 0.0322. The summed E-state index contributed by atoms with van der Waals surface area (Å²) in [5, 5.41) is 0. The number of benzene rings is 2. The zero-order valence-corrected chi connectivity index (χ0v) is 20.6. The largest absolute Gasteiger partial charge is 0.492 e. The fourth-order valence-electron chi connectivity index (χ4n) is 4.48. The highest BCUT2D eigenvalue weighted by atomic mass is 16.5. The minimum Gasteiger partial charge on any atom is -0.492 e. The second kappa shape index (κ2) is 11.7. The highest BCUT2D eigenvalue weighted by molar-refractivity contribution is 5.94. The van der Waals surface area contributed by atoms with Gasteiger partial charge in [0.15, 0.2) is 0 Å². The highest BCUT2D eigenvalue weighted by Crippen LogP contribution is 2.27. The van der Waals surface area contributed by atoms with E-state index in [9.17, 15) is 4.79 Å². The van der Waals surface area contributed by atoms with Gasteiger partial charge in [-0.2, -0.15) is 0 Å². The van der Waals surface area contributed by atoms with Gasteiger partial charge in [0.2, 0.25) is 0 Å². The summed E-state index contributed by atoms with van der Waals surface area (Å²) in [5.41, 5.74) is 1.86. The van der Waals surface area contributed by atoms with Crippen molar-refractivity contribution in [2.75, 3.05) is 66.1 Å². The van der Waals surface area contributed by atoms with Crippen molar-refractivity contribution in [3.63, 3.8) is 0 Å². The Morgan fingerprint density at radius 1 is 1.03 bits per heavy atom. The van der Waals surface area contributed by atoms with Crippen LogP contribution in [0.15, 0.2) is 48.5 Å². The standard InChI is InChI=1S/C27H37N3O4/c1-21(2)34-24-9-7-22(8-10-24)26-20-30(12-11-28(26)3)27(31)23-5-4-6-25(19-23)33-18-15-29-13-16-32-17-14-29/h4-10,19,21,26H,11-18,20H2,1-3H3/t26-/m0/s1. The Morgan fingerprint density at radius 3 is 2.53 bits per heavy atom. The summed E-state index contributed by atoms with van der Waals surface area (Å²) in [6, 6.07) is 16.0. The van der Waals surface area contributed by atoms with E-state index < -0.39 is 0 Å². The molecule has 184 valence electrons. The van der Waals surface area contributed by atoms with Gasteiger partial charge in [-0.05, 0) is 56.8 Å². The van der Waals surface area contributed by atoms with Gasteiger partial charge in [0.25, 0.3) is 5.91 Å². The van der Waals surface area contributed by atoms with Crippen LogP contribution in [0.25, 0.3) is 0 Å². The molecule has 4 rings (SSSR count). The predicted molar refractivity (Wildman–Crippen MR) is 133 cm³/mol. The van der Waals surface area contributed by atoms with Gasteiger partial charge >= 0.3 is 0 Å². The molecule has 2 aromatic carbocycles. The molecule has 7 heteroatoms. The topological polar surface area (TPSA) is 54.5 Å². The van der Waals surface area contributed by atoms with Crippen LogP contribution in [0.1, 0.15) is 35.8 Å². The maximum Gasteiger partial charge on any atom is 0.254 e. The van der Waals surface area contributed by atoms with Gasteiger partial charge in [-0.1, -0.05) is 18.2 Å². The first-order valence-corrected chi connectivity index (χ1v) is 12.3. The molecule has 0 aromatic heterocycles. The third-order valence-electron chi connectivity index (χ3n) is 6.43. The number of carbonyl (C=O) groups excluding carboxylic acids is 1. The molecular weight excluding hydrogens is 430 g/mol.